The Morgan fingerprint density at radius 2 is 1.82 bits per heavy atom. The summed E-state index contributed by atoms with van der Waals surface area (Å²) in [5, 5.41) is 4.92. The number of halogens is 3. The number of nitrogens with one attached hydrogen (secondary N) is 1. The van der Waals surface area contributed by atoms with E-state index in [0.29, 0.717) is 0 Å². The highest BCUT2D eigenvalue weighted by Crippen LogP contribution is 2.25. The minimum absolute atomic E-state index is 0. The van der Waals surface area contributed by atoms with Gasteiger partial charge < -0.3 is 5.32 Å². The number of rotatable bonds is 2. The van der Waals surface area contributed by atoms with E-state index in [-0.39, 0.29) is 12.4 Å². The molecule has 0 bridgehead atoms. The van der Waals surface area contributed by atoms with Crippen LogP contribution in [-0.2, 0) is 6.54 Å². The molecule has 96 valence electrons. The summed E-state index contributed by atoms with van der Waals surface area (Å²) in [5.41, 5.74) is 1.05. The second-order valence-corrected chi connectivity index (χ2v) is 4.89. The topological polar surface area (TPSA) is 15.3 Å². The Kier molecular flexibility index (Phi) is 6.60. The highest BCUT2D eigenvalue weighted by Gasteiger charge is 2.12. The van der Waals surface area contributed by atoms with Crippen molar-refractivity contribution >= 4 is 35.6 Å². The van der Waals surface area contributed by atoms with Gasteiger partial charge in [-0.05, 0) is 31.6 Å². The first kappa shape index (κ1) is 15.1. The van der Waals surface area contributed by atoms with Crippen molar-refractivity contribution in [1.82, 2.24) is 10.2 Å². The molecule has 0 amide bonds. The summed E-state index contributed by atoms with van der Waals surface area (Å²) in [6, 6.07) is 5.69. The van der Waals surface area contributed by atoms with Crippen molar-refractivity contribution in [3.63, 3.8) is 0 Å². The summed E-state index contributed by atoms with van der Waals surface area (Å²) in [7, 11) is 0. The second kappa shape index (κ2) is 7.45. The lowest BCUT2D eigenvalue weighted by molar-refractivity contribution is 0.284. The highest BCUT2D eigenvalue weighted by molar-refractivity contribution is 6.35. The van der Waals surface area contributed by atoms with Crippen LogP contribution in [0.2, 0.25) is 10.0 Å². The number of nitrogens with zero attached hydrogens (tertiary/aromatic N) is 1. The number of hydrogen-bond acceptors (Lipinski definition) is 2. The van der Waals surface area contributed by atoms with Gasteiger partial charge in [0.05, 0.1) is 0 Å². The molecule has 0 saturated carbocycles. The summed E-state index contributed by atoms with van der Waals surface area (Å²) in [6.07, 6.45) is 1.18. The van der Waals surface area contributed by atoms with Gasteiger partial charge in [-0.25, -0.2) is 0 Å². The van der Waals surface area contributed by atoms with Crippen molar-refractivity contribution in [2.75, 3.05) is 26.2 Å². The predicted molar refractivity (Wildman–Crippen MR) is 76.5 cm³/mol. The molecular weight excluding hydrogens is 279 g/mol. The van der Waals surface area contributed by atoms with Crippen LogP contribution in [0.3, 0.4) is 0 Å². The molecule has 0 radical (unpaired) electrons. The third kappa shape index (κ3) is 4.31. The Bertz CT molecular complexity index is 329. The van der Waals surface area contributed by atoms with E-state index >= 15 is 0 Å². The molecule has 1 saturated heterocycles. The van der Waals surface area contributed by atoms with Crippen molar-refractivity contribution in [2.45, 2.75) is 13.0 Å². The zero-order valence-corrected chi connectivity index (χ0v) is 11.9. The maximum absolute atomic E-state index is 6.16. The molecule has 1 aromatic rings. The van der Waals surface area contributed by atoms with Gasteiger partial charge in [0.15, 0.2) is 0 Å². The van der Waals surface area contributed by atoms with Crippen LogP contribution in [-0.4, -0.2) is 31.1 Å². The van der Waals surface area contributed by atoms with E-state index in [1.54, 1.807) is 0 Å². The first-order valence-corrected chi connectivity index (χ1v) is 6.39. The first-order valence-electron chi connectivity index (χ1n) is 5.63. The predicted octanol–water partition coefficient (Wildman–Crippen LogP) is 3.21. The van der Waals surface area contributed by atoms with E-state index in [1.165, 1.54) is 6.42 Å². The maximum Gasteiger partial charge on any atom is 0.0465 e. The van der Waals surface area contributed by atoms with Gasteiger partial charge in [-0.1, -0.05) is 29.3 Å². The van der Waals surface area contributed by atoms with Gasteiger partial charge in [0.2, 0.25) is 0 Å². The minimum Gasteiger partial charge on any atom is -0.315 e. The molecule has 1 aliphatic rings. The molecule has 2 nitrogen and oxygen atoms in total. The Labute approximate surface area is 119 Å². The van der Waals surface area contributed by atoms with E-state index in [0.717, 1.165) is 48.3 Å². The third-order valence-corrected chi connectivity index (χ3v) is 3.58. The zero-order chi connectivity index (χ0) is 11.4. The molecule has 17 heavy (non-hydrogen) atoms. The van der Waals surface area contributed by atoms with E-state index in [2.05, 4.69) is 10.2 Å². The molecule has 1 N–H and O–H groups in total. The van der Waals surface area contributed by atoms with Crippen molar-refractivity contribution in [2.24, 2.45) is 0 Å². The average molecular weight is 296 g/mol. The Morgan fingerprint density at radius 3 is 2.53 bits per heavy atom. The smallest absolute Gasteiger partial charge is 0.0465 e. The van der Waals surface area contributed by atoms with Crippen LogP contribution in [0.25, 0.3) is 0 Å². The fourth-order valence-electron chi connectivity index (χ4n) is 1.97. The van der Waals surface area contributed by atoms with Crippen LogP contribution < -0.4 is 5.32 Å². The van der Waals surface area contributed by atoms with E-state index in [4.69, 9.17) is 23.2 Å². The van der Waals surface area contributed by atoms with Crippen LogP contribution in [0, 0.1) is 0 Å². The van der Waals surface area contributed by atoms with Crippen LogP contribution in [0.4, 0.5) is 0 Å². The number of benzene rings is 1. The quantitative estimate of drug-likeness (QED) is 0.901. The average Bonchev–Trinajstić information content (AvgIpc) is 2.52. The van der Waals surface area contributed by atoms with Crippen LogP contribution in [0.1, 0.15) is 12.0 Å². The van der Waals surface area contributed by atoms with Gasteiger partial charge in [0, 0.05) is 35.2 Å². The fraction of sp³-hybridized carbons (Fsp3) is 0.500. The summed E-state index contributed by atoms with van der Waals surface area (Å²) in [5.74, 6) is 0. The van der Waals surface area contributed by atoms with Crippen LogP contribution in [0.15, 0.2) is 18.2 Å². The standard InChI is InChI=1S/C12H16Cl2N2.ClH/c13-11-3-1-4-12(14)10(11)9-16-7-2-5-15-6-8-16;/h1,3-4,15H,2,5-9H2;1H. The molecule has 0 unspecified atom stereocenters. The normalized spacial score (nSPS) is 17.3. The van der Waals surface area contributed by atoms with E-state index in [9.17, 15) is 0 Å². The Morgan fingerprint density at radius 1 is 1.12 bits per heavy atom. The monoisotopic (exact) mass is 294 g/mol. The summed E-state index contributed by atoms with van der Waals surface area (Å²) >= 11 is 12.3. The summed E-state index contributed by atoms with van der Waals surface area (Å²) in [4.78, 5) is 2.40. The second-order valence-electron chi connectivity index (χ2n) is 4.08. The highest BCUT2D eigenvalue weighted by atomic mass is 35.5. The first-order chi connectivity index (χ1) is 7.77. The van der Waals surface area contributed by atoms with Gasteiger partial charge in [0.1, 0.15) is 0 Å². The molecule has 1 heterocycles. The Hall–Kier alpha value is 0.01000. The zero-order valence-electron chi connectivity index (χ0n) is 9.59. The molecule has 1 fully saturated rings. The van der Waals surface area contributed by atoms with E-state index in [1.807, 2.05) is 18.2 Å². The summed E-state index contributed by atoms with van der Waals surface area (Å²) < 4.78 is 0. The molecule has 1 aliphatic heterocycles. The lowest BCUT2D eigenvalue weighted by Crippen LogP contribution is -2.27. The number of hydrogen-bond donors (Lipinski definition) is 1. The van der Waals surface area contributed by atoms with Crippen molar-refractivity contribution in [3.05, 3.63) is 33.8 Å². The van der Waals surface area contributed by atoms with Gasteiger partial charge in [0.25, 0.3) is 0 Å². The van der Waals surface area contributed by atoms with Gasteiger partial charge >= 0.3 is 0 Å². The van der Waals surface area contributed by atoms with Crippen LogP contribution in [0.5, 0.6) is 0 Å². The van der Waals surface area contributed by atoms with E-state index < -0.39 is 0 Å². The Balaban J connectivity index is 0.00000144. The van der Waals surface area contributed by atoms with Gasteiger partial charge in [-0.15, -0.1) is 12.4 Å². The molecule has 0 aliphatic carbocycles. The molecule has 0 aromatic heterocycles. The SMILES string of the molecule is Cl.Clc1cccc(Cl)c1CN1CCCNCC1. The lowest BCUT2D eigenvalue weighted by atomic mass is 10.2. The minimum atomic E-state index is 0. The molecular formula is C12H17Cl3N2. The fourth-order valence-corrected chi connectivity index (χ4v) is 2.48. The third-order valence-electron chi connectivity index (χ3n) is 2.88. The van der Waals surface area contributed by atoms with Crippen molar-refractivity contribution in [3.8, 4) is 0 Å². The molecule has 5 heteroatoms. The molecule has 2 rings (SSSR count). The van der Waals surface area contributed by atoms with Gasteiger partial charge in [-0.3, -0.25) is 4.90 Å². The summed E-state index contributed by atoms with van der Waals surface area (Å²) in [6.45, 7) is 5.16. The molecule has 1 aromatic carbocycles. The van der Waals surface area contributed by atoms with Crippen molar-refractivity contribution < 1.29 is 0 Å². The van der Waals surface area contributed by atoms with Crippen molar-refractivity contribution in [1.29, 1.82) is 0 Å². The largest absolute Gasteiger partial charge is 0.315 e. The maximum atomic E-state index is 6.16. The molecule has 0 atom stereocenters. The molecule has 0 spiro atoms. The lowest BCUT2D eigenvalue weighted by Gasteiger charge is -2.20. The van der Waals surface area contributed by atoms with Gasteiger partial charge in [-0.2, -0.15) is 0 Å². The van der Waals surface area contributed by atoms with Crippen LogP contribution >= 0.6 is 35.6 Å².